The Bertz CT molecular complexity index is 597. The maximum Gasteiger partial charge on any atom is 0.306 e. The maximum absolute atomic E-state index is 11.9. The van der Waals surface area contributed by atoms with Crippen molar-refractivity contribution in [2.24, 2.45) is 0 Å². The van der Waals surface area contributed by atoms with Crippen molar-refractivity contribution in [1.29, 1.82) is 0 Å². The first-order valence-corrected chi connectivity index (χ1v) is 6.69. The number of sulfonamides is 1. The normalized spacial score (nSPS) is 11.1. The Balaban J connectivity index is 2.29. The second-order valence-corrected chi connectivity index (χ2v) is 5.43. The van der Waals surface area contributed by atoms with Crippen LogP contribution in [0.15, 0.2) is 59.8 Å². The summed E-state index contributed by atoms with van der Waals surface area (Å²) in [4.78, 5) is 2.56. The van der Waals surface area contributed by atoms with Gasteiger partial charge in [0.15, 0.2) is 0 Å². The molecule has 1 heterocycles. The lowest BCUT2D eigenvalue weighted by Gasteiger charge is -2.02. The number of hydrogen-bond acceptors (Lipinski definition) is 2. The summed E-state index contributed by atoms with van der Waals surface area (Å²) in [6.45, 7) is 0. The van der Waals surface area contributed by atoms with Gasteiger partial charge in [0.2, 0.25) is 12.4 Å². The van der Waals surface area contributed by atoms with Gasteiger partial charge in [-0.3, -0.25) is 0 Å². The number of benzene rings is 1. The standard InChI is InChI=1S/C11H10ClN2O2S/c12-10-4-6-11(7-5-10)17(15,16)13-14-8-2-1-3-9-14/h1-9,13H/q+1. The minimum absolute atomic E-state index is 0.165. The molecule has 0 radical (unpaired) electrons. The van der Waals surface area contributed by atoms with Crippen LogP contribution in [-0.4, -0.2) is 8.42 Å². The summed E-state index contributed by atoms with van der Waals surface area (Å²) in [5.74, 6) is 0. The lowest BCUT2D eigenvalue weighted by Crippen LogP contribution is -2.47. The fraction of sp³-hybridized carbons (Fsp3) is 0. The van der Waals surface area contributed by atoms with Gasteiger partial charge in [-0.15, -0.1) is 0 Å². The van der Waals surface area contributed by atoms with E-state index in [1.54, 1.807) is 30.6 Å². The van der Waals surface area contributed by atoms with E-state index in [2.05, 4.69) is 4.83 Å². The molecule has 1 aromatic carbocycles. The summed E-state index contributed by atoms with van der Waals surface area (Å²) in [6.07, 6.45) is 3.21. The first-order chi connectivity index (χ1) is 8.08. The third kappa shape index (κ3) is 2.95. The van der Waals surface area contributed by atoms with Crippen molar-refractivity contribution in [3.05, 3.63) is 59.9 Å². The van der Waals surface area contributed by atoms with Crippen LogP contribution in [0.1, 0.15) is 0 Å². The molecule has 1 N–H and O–H groups in total. The van der Waals surface area contributed by atoms with Gasteiger partial charge in [0.05, 0.1) is 4.90 Å². The molecule has 0 fully saturated rings. The quantitative estimate of drug-likeness (QED) is 0.860. The average Bonchev–Trinajstić information content (AvgIpc) is 2.30. The highest BCUT2D eigenvalue weighted by atomic mass is 35.5. The molecule has 6 heteroatoms. The minimum Gasteiger partial charge on any atom is -0.197 e. The molecule has 1 aromatic heterocycles. The van der Waals surface area contributed by atoms with E-state index in [0.29, 0.717) is 5.02 Å². The van der Waals surface area contributed by atoms with Crippen molar-refractivity contribution in [3.8, 4) is 0 Å². The Morgan fingerprint density at radius 1 is 1.00 bits per heavy atom. The fourth-order valence-corrected chi connectivity index (χ4v) is 2.39. The van der Waals surface area contributed by atoms with Gasteiger partial charge in [0.1, 0.15) is 0 Å². The SMILES string of the molecule is O=S(=O)(N[n+]1ccccc1)c1ccc(Cl)cc1. The van der Waals surface area contributed by atoms with Crippen molar-refractivity contribution in [1.82, 2.24) is 0 Å². The maximum atomic E-state index is 11.9. The van der Waals surface area contributed by atoms with Gasteiger partial charge in [-0.05, 0) is 24.3 Å². The smallest absolute Gasteiger partial charge is 0.197 e. The van der Waals surface area contributed by atoms with E-state index in [9.17, 15) is 8.42 Å². The second-order valence-electron chi connectivity index (χ2n) is 3.33. The zero-order chi connectivity index (χ0) is 12.3. The van der Waals surface area contributed by atoms with Crippen molar-refractivity contribution in [2.45, 2.75) is 4.90 Å². The van der Waals surface area contributed by atoms with Gasteiger partial charge >= 0.3 is 10.0 Å². The first-order valence-electron chi connectivity index (χ1n) is 4.83. The molecule has 0 saturated heterocycles. The molecule has 0 spiro atoms. The molecule has 88 valence electrons. The summed E-state index contributed by atoms with van der Waals surface area (Å²) in [5, 5.41) is 0.497. The molecule has 0 saturated carbocycles. The second kappa shape index (κ2) is 4.73. The first kappa shape index (κ1) is 11.9. The summed E-state index contributed by atoms with van der Waals surface area (Å²) < 4.78 is 25.2. The van der Waals surface area contributed by atoms with E-state index in [-0.39, 0.29) is 4.90 Å². The van der Waals surface area contributed by atoms with Crippen LogP contribution >= 0.6 is 11.6 Å². The van der Waals surface area contributed by atoms with Crippen LogP contribution in [0.2, 0.25) is 5.02 Å². The average molecular weight is 270 g/mol. The number of hydrogen-bond donors (Lipinski definition) is 1. The van der Waals surface area contributed by atoms with Crippen LogP contribution < -0.4 is 9.51 Å². The summed E-state index contributed by atoms with van der Waals surface area (Å²) in [7, 11) is -3.58. The number of nitrogens with zero attached hydrogens (tertiary/aromatic N) is 1. The van der Waals surface area contributed by atoms with Crippen LogP contribution in [0.25, 0.3) is 0 Å². The third-order valence-electron chi connectivity index (χ3n) is 2.07. The highest BCUT2D eigenvalue weighted by Crippen LogP contribution is 2.13. The van der Waals surface area contributed by atoms with Gasteiger partial charge in [-0.25, -0.2) is 0 Å². The predicted octanol–water partition coefficient (Wildman–Crippen LogP) is 1.56. The van der Waals surface area contributed by atoms with Crippen LogP contribution in [-0.2, 0) is 10.0 Å². The third-order valence-corrected chi connectivity index (χ3v) is 3.66. The lowest BCUT2D eigenvalue weighted by atomic mass is 10.4. The number of nitrogens with one attached hydrogen (secondary N) is 1. The molecular weight excluding hydrogens is 260 g/mol. The van der Waals surface area contributed by atoms with Gasteiger partial charge in [0, 0.05) is 17.2 Å². The van der Waals surface area contributed by atoms with Crippen molar-refractivity contribution >= 4 is 21.6 Å². The number of aromatic nitrogens is 1. The Morgan fingerprint density at radius 2 is 1.59 bits per heavy atom. The molecule has 0 bridgehead atoms. The van der Waals surface area contributed by atoms with Crippen molar-refractivity contribution in [3.63, 3.8) is 0 Å². The van der Waals surface area contributed by atoms with Gasteiger partial charge < -0.3 is 0 Å². The topological polar surface area (TPSA) is 50.1 Å². The number of halogens is 1. The Kier molecular flexibility index (Phi) is 3.31. The van der Waals surface area contributed by atoms with Crippen LogP contribution in [0.5, 0.6) is 0 Å². The number of rotatable bonds is 3. The van der Waals surface area contributed by atoms with E-state index < -0.39 is 10.0 Å². The summed E-state index contributed by atoms with van der Waals surface area (Å²) >= 11 is 5.70. The molecule has 0 amide bonds. The fourth-order valence-electron chi connectivity index (χ4n) is 1.26. The minimum atomic E-state index is -3.58. The molecule has 0 aliphatic rings. The van der Waals surface area contributed by atoms with Gasteiger partial charge in [-0.2, -0.15) is 8.42 Å². The largest absolute Gasteiger partial charge is 0.306 e. The molecule has 2 rings (SSSR count). The molecule has 2 aromatic rings. The van der Waals surface area contributed by atoms with E-state index in [1.165, 1.54) is 28.9 Å². The highest BCUT2D eigenvalue weighted by Gasteiger charge is 2.17. The van der Waals surface area contributed by atoms with Crippen LogP contribution in [0.3, 0.4) is 0 Å². The summed E-state index contributed by atoms with van der Waals surface area (Å²) in [6, 6.07) is 11.2. The van der Waals surface area contributed by atoms with E-state index in [1.807, 2.05) is 0 Å². The van der Waals surface area contributed by atoms with Gasteiger partial charge in [0.25, 0.3) is 0 Å². The molecular formula is C11H10ClN2O2S+. The van der Waals surface area contributed by atoms with E-state index >= 15 is 0 Å². The molecule has 0 unspecified atom stereocenters. The predicted molar refractivity (Wildman–Crippen MR) is 64.6 cm³/mol. The van der Waals surface area contributed by atoms with Crippen molar-refractivity contribution < 1.29 is 13.1 Å². The Labute approximate surface area is 105 Å². The zero-order valence-electron chi connectivity index (χ0n) is 8.75. The number of pyridine rings is 1. The molecule has 17 heavy (non-hydrogen) atoms. The summed E-state index contributed by atoms with van der Waals surface area (Å²) in [5.41, 5.74) is 0. The Morgan fingerprint density at radius 3 is 2.18 bits per heavy atom. The molecule has 0 aliphatic heterocycles. The highest BCUT2D eigenvalue weighted by molar-refractivity contribution is 7.92. The van der Waals surface area contributed by atoms with E-state index in [4.69, 9.17) is 11.6 Å². The molecule has 0 aliphatic carbocycles. The van der Waals surface area contributed by atoms with Crippen LogP contribution in [0.4, 0.5) is 0 Å². The zero-order valence-corrected chi connectivity index (χ0v) is 10.3. The van der Waals surface area contributed by atoms with Crippen molar-refractivity contribution in [2.75, 3.05) is 4.83 Å². The Hall–Kier alpha value is -1.59. The lowest BCUT2D eigenvalue weighted by molar-refractivity contribution is -0.636. The molecule has 4 nitrogen and oxygen atoms in total. The van der Waals surface area contributed by atoms with E-state index in [0.717, 1.165) is 0 Å². The molecule has 0 atom stereocenters. The monoisotopic (exact) mass is 269 g/mol. The van der Waals surface area contributed by atoms with Crippen LogP contribution in [0, 0.1) is 0 Å². The van der Waals surface area contributed by atoms with Gasteiger partial charge in [-0.1, -0.05) is 27.2 Å².